The highest BCUT2D eigenvalue weighted by Gasteiger charge is 2.25. The lowest BCUT2D eigenvalue weighted by atomic mass is 9.86. The SMILES string of the molecule is C#CC(C)(C)O.C#CC(C)(O)CC.C#CC(C)(O)CC.C#CC(C)(O)CC.C#CC(O)(CC)CC.C#CC1(O)CCCCC1. The molecule has 0 aromatic carbocycles. The van der Waals surface area contributed by atoms with Crippen LogP contribution in [0.3, 0.4) is 0 Å². The van der Waals surface area contributed by atoms with Crippen molar-refractivity contribution < 1.29 is 30.6 Å². The van der Waals surface area contributed by atoms with Crippen molar-refractivity contribution in [3.63, 3.8) is 0 Å². The zero-order chi connectivity index (χ0) is 36.3. The molecular weight excluding hydrogens is 552 g/mol. The van der Waals surface area contributed by atoms with Gasteiger partial charge in [0.05, 0.1) is 0 Å². The summed E-state index contributed by atoms with van der Waals surface area (Å²) >= 11 is 0. The van der Waals surface area contributed by atoms with E-state index in [0.717, 1.165) is 25.7 Å². The van der Waals surface area contributed by atoms with E-state index in [1.54, 1.807) is 34.6 Å². The first-order valence-corrected chi connectivity index (χ1v) is 15.1. The van der Waals surface area contributed by atoms with Crippen LogP contribution in [0.4, 0.5) is 0 Å². The summed E-state index contributed by atoms with van der Waals surface area (Å²) in [5, 5.41) is 53.9. The standard InChI is InChI=1S/C8H12O.C7H12O.3C6H10O.C5H8O/c1-2-8(9)6-4-3-5-7-8;1-4-7(8,5-2)6-3;3*1-4-6(3,7)5-2;1-4-5(2,3)6/h1,9H,3-7H2;1,8H,5-6H2,2-3H3;3*1,7H,5H2,2-3H3;1,6H,2-3H3. The van der Waals surface area contributed by atoms with Crippen molar-refractivity contribution in [1.82, 2.24) is 0 Å². The monoisotopic (exact) mass is 614 g/mol. The second-order valence-corrected chi connectivity index (χ2v) is 11.6. The molecule has 1 fully saturated rings. The van der Waals surface area contributed by atoms with Crippen LogP contribution in [-0.2, 0) is 0 Å². The summed E-state index contributed by atoms with van der Waals surface area (Å²) in [6, 6.07) is 0. The molecule has 0 bridgehead atoms. The average molecular weight is 615 g/mol. The molecule has 1 rings (SSSR count). The van der Waals surface area contributed by atoms with Crippen LogP contribution in [0.15, 0.2) is 0 Å². The van der Waals surface area contributed by atoms with E-state index < -0.39 is 33.6 Å². The van der Waals surface area contributed by atoms with Crippen molar-refractivity contribution in [2.24, 2.45) is 0 Å². The molecule has 0 radical (unpaired) electrons. The van der Waals surface area contributed by atoms with Gasteiger partial charge in [0.2, 0.25) is 0 Å². The van der Waals surface area contributed by atoms with Gasteiger partial charge in [0.15, 0.2) is 0 Å². The fourth-order valence-corrected chi connectivity index (χ4v) is 2.04. The van der Waals surface area contributed by atoms with Crippen molar-refractivity contribution in [3.8, 4) is 74.1 Å². The van der Waals surface area contributed by atoms with Gasteiger partial charge in [-0.25, -0.2) is 0 Å². The van der Waals surface area contributed by atoms with Crippen LogP contribution in [0.2, 0.25) is 0 Å². The molecule has 6 nitrogen and oxygen atoms in total. The number of aliphatic hydroxyl groups is 6. The van der Waals surface area contributed by atoms with E-state index in [0.29, 0.717) is 32.1 Å². The van der Waals surface area contributed by atoms with Crippen LogP contribution >= 0.6 is 0 Å². The molecule has 6 heteroatoms. The predicted octanol–water partition coefficient (Wildman–Crippen LogP) is 5.22. The van der Waals surface area contributed by atoms with E-state index in [2.05, 4.69) is 35.5 Å². The Balaban J connectivity index is -0.000000139. The smallest absolute Gasteiger partial charge is 0.125 e. The summed E-state index contributed by atoms with van der Waals surface area (Å²) in [7, 11) is 0. The maximum atomic E-state index is 9.44. The molecule has 1 saturated carbocycles. The van der Waals surface area contributed by atoms with Crippen molar-refractivity contribution in [2.75, 3.05) is 0 Å². The first-order valence-electron chi connectivity index (χ1n) is 15.1. The second kappa shape index (κ2) is 25.4. The Bertz CT molecular complexity index is 914. The Kier molecular flexibility index (Phi) is 29.3. The first kappa shape index (κ1) is 50.7. The summed E-state index contributed by atoms with van der Waals surface area (Å²) < 4.78 is 0. The summed E-state index contributed by atoms with van der Waals surface area (Å²) in [5.41, 5.74) is -5.20. The molecule has 0 aromatic heterocycles. The van der Waals surface area contributed by atoms with Crippen LogP contribution in [0.5, 0.6) is 0 Å². The lowest BCUT2D eigenvalue weighted by molar-refractivity contribution is 0.0611. The summed E-state index contributed by atoms with van der Waals surface area (Å²) in [6.45, 7) is 17.3. The number of rotatable bonds is 5. The predicted molar refractivity (Wildman–Crippen MR) is 186 cm³/mol. The number of hydrogen-bond donors (Lipinski definition) is 6. The van der Waals surface area contributed by atoms with Gasteiger partial charge in [-0.3, -0.25) is 0 Å². The van der Waals surface area contributed by atoms with Crippen LogP contribution in [0, 0.1) is 74.1 Å². The Morgan fingerprint density at radius 1 is 0.500 bits per heavy atom. The fraction of sp³-hybridized carbons (Fsp3) is 0.684. The highest BCUT2D eigenvalue weighted by atomic mass is 16.3. The Hall–Kier alpha value is -2.88. The third kappa shape index (κ3) is 35.3. The molecule has 0 heterocycles. The molecule has 0 aliphatic heterocycles. The quantitative estimate of drug-likeness (QED) is 0.236. The van der Waals surface area contributed by atoms with Gasteiger partial charge in [-0.2, -0.15) is 0 Å². The third-order valence-corrected chi connectivity index (χ3v) is 6.74. The highest BCUT2D eigenvalue weighted by Crippen LogP contribution is 2.26. The van der Waals surface area contributed by atoms with Gasteiger partial charge in [-0.05, 0) is 92.4 Å². The second-order valence-electron chi connectivity index (χ2n) is 11.6. The molecule has 1 aliphatic rings. The molecule has 0 saturated heterocycles. The van der Waals surface area contributed by atoms with E-state index in [1.807, 2.05) is 34.6 Å². The zero-order valence-electron chi connectivity index (χ0n) is 29.2. The van der Waals surface area contributed by atoms with E-state index in [4.69, 9.17) is 59.0 Å². The lowest BCUT2D eigenvalue weighted by Gasteiger charge is -2.26. The summed E-state index contributed by atoms with van der Waals surface area (Å²) in [5.74, 6) is 13.7. The zero-order valence-corrected chi connectivity index (χ0v) is 29.2. The minimum absolute atomic E-state index is 0.615. The van der Waals surface area contributed by atoms with Crippen molar-refractivity contribution in [3.05, 3.63) is 0 Å². The minimum Gasteiger partial charge on any atom is -0.378 e. The Morgan fingerprint density at radius 3 is 0.841 bits per heavy atom. The molecule has 0 aromatic rings. The van der Waals surface area contributed by atoms with Crippen LogP contribution in [-0.4, -0.2) is 64.2 Å². The molecule has 0 spiro atoms. The maximum Gasteiger partial charge on any atom is 0.125 e. The third-order valence-electron chi connectivity index (χ3n) is 6.74. The van der Waals surface area contributed by atoms with Crippen LogP contribution < -0.4 is 0 Å². The largest absolute Gasteiger partial charge is 0.378 e. The van der Waals surface area contributed by atoms with Crippen molar-refractivity contribution in [1.29, 1.82) is 0 Å². The summed E-state index contributed by atoms with van der Waals surface area (Å²) in [6.07, 6.45) is 37.8. The Labute approximate surface area is 271 Å². The Morgan fingerprint density at radius 2 is 0.773 bits per heavy atom. The first-order chi connectivity index (χ1) is 19.9. The van der Waals surface area contributed by atoms with Gasteiger partial charge < -0.3 is 30.6 Å². The van der Waals surface area contributed by atoms with E-state index in [9.17, 15) is 10.2 Å². The normalized spacial score (nSPS) is 16.8. The van der Waals surface area contributed by atoms with Gasteiger partial charge >= 0.3 is 0 Å². The lowest BCUT2D eigenvalue weighted by Crippen LogP contribution is -2.28. The van der Waals surface area contributed by atoms with E-state index >= 15 is 0 Å². The van der Waals surface area contributed by atoms with Gasteiger partial charge in [0.25, 0.3) is 0 Å². The molecule has 3 unspecified atom stereocenters. The van der Waals surface area contributed by atoms with E-state index in [-0.39, 0.29) is 0 Å². The van der Waals surface area contributed by atoms with Gasteiger partial charge in [0.1, 0.15) is 33.6 Å². The molecule has 44 heavy (non-hydrogen) atoms. The van der Waals surface area contributed by atoms with Gasteiger partial charge in [-0.1, -0.05) is 76.6 Å². The molecular formula is C38H62O6. The van der Waals surface area contributed by atoms with Crippen LogP contribution in [0.25, 0.3) is 0 Å². The summed E-state index contributed by atoms with van der Waals surface area (Å²) in [4.78, 5) is 0. The number of hydrogen-bond acceptors (Lipinski definition) is 6. The molecule has 6 N–H and O–H groups in total. The molecule has 1 aliphatic carbocycles. The minimum atomic E-state index is -0.931. The molecule has 0 amide bonds. The fourth-order valence-electron chi connectivity index (χ4n) is 2.04. The average Bonchev–Trinajstić information content (AvgIpc) is 3.02. The van der Waals surface area contributed by atoms with Gasteiger partial charge in [-0.15, -0.1) is 38.5 Å². The maximum absolute atomic E-state index is 9.44. The number of terminal acetylenes is 6. The topological polar surface area (TPSA) is 121 Å². The van der Waals surface area contributed by atoms with E-state index in [1.165, 1.54) is 6.42 Å². The van der Waals surface area contributed by atoms with Crippen LogP contribution in [0.1, 0.15) is 133 Å². The molecule has 250 valence electrons. The van der Waals surface area contributed by atoms with Gasteiger partial charge in [0, 0.05) is 0 Å². The van der Waals surface area contributed by atoms with Crippen molar-refractivity contribution >= 4 is 0 Å². The van der Waals surface area contributed by atoms with Crippen molar-refractivity contribution in [2.45, 2.75) is 167 Å². The highest BCUT2D eigenvalue weighted by molar-refractivity contribution is 5.08. The molecule has 3 atom stereocenters.